The van der Waals surface area contributed by atoms with Crippen LogP contribution in [0, 0.1) is 0 Å². The van der Waals surface area contributed by atoms with E-state index in [2.05, 4.69) is 15.9 Å². The molecule has 98 valence electrons. The smallest absolute Gasteiger partial charge is 0.335 e. The van der Waals surface area contributed by atoms with E-state index in [0.29, 0.717) is 11.4 Å². The zero-order valence-electron chi connectivity index (χ0n) is 10.3. The summed E-state index contributed by atoms with van der Waals surface area (Å²) in [6.07, 6.45) is 0. The molecule has 0 saturated carbocycles. The highest BCUT2D eigenvalue weighted by Gasteiger charge is 2.13. The molecule has 0 fully saturated rings. The van der Waals surface area contributed by atoms with E-state index in [-0.39, 0.29) is 5.56 Å². The SMILES string of the molecule is CN(c1cc(C(=O)O)ccc1N)c1ccccc1Br. The maximum absolute atomic E-state index is 11.0. The number of nitrogens with two attached hydrogens (primary N) is 1. The van der Waals surface area contributed by atoms with Gasteiger partial charge in [-0.15, -0.1) is 0 Å². The molecule has 4 nitrogen and oxygen atoms in total. The Labute approximate surface area is 119 Å². The van der Waals surface area contributed by atoms with Crippen LogP contribution < -0.4 is 10.6 Å². The van der Waals surface area contributed by atoms with E-state index < -0.39 is 5.97 Å². The van der Waals surface area contributed by atoms with Gasteiger partial charge in [0.05, 0.1) is 22.6 Å². The number of hydrogen-bond acceptors (Lipinski definition) is 3. The zero-order chi connectivity index (χ0) is 14.0. The summed E-state index contributed by atoms with van der Waals surface area (Å²) >= 11 is 3.47. The average molecular weight is 321 g/mol. The van der Waals surface area contributed by atoms with Crippen molar-refractivity contribution in [3.05, 3.63) is 52.5 Å². The summed E-state index contributed by atoms with van der Waals surface area (Å²) in [4.78, 5) is 12.9. The summed E-state index contributed by atoms with van der Waals surface area (Å²) in [6.45, 7) is 0. The van der Waals surface area contributed by atoms with Crippen molar-refractivity contribution in [3.8, 4) is 0 Å². The molecule has 0 atom stereocenters. The van der Waals surface area contributed by atoms with Crippen LogP contribution in [0.4, 0.5) is 17.1 Å². The van der Waals surface area contributed by atoms with Crippen molar-refractivity contribution in [2.45, 2.75) is 0 Å². The van der Waals surface area contributed by atoms with E-state index in [4.69, 9.17) is 10.8 Å². The van der Waals surface area contributed by atoms with Gasteiger partial charge < -0.3 is 15.7 Å². The van der Waals surface area contributed by atoms with Crippen molar-refractivity contribution in [2.75, 3.05) is 17.7 Å². The van der Waals surface area contributed by atoms with Crippen molar-refractivity contribution in [1.82, 2.24) is 0 Å². The summed E-state index contributed by atoms with van der Waals surface area (Å²) in [6, 6.07) is 12.3. The number of aromatic carboxylic acids is 1. The molecule has 0 heterocycles. The van der Waals surface area contributed by atoms with Gasteiger partial charge in [0.15, 0.2) is 0 Å². The monoisotopic (exact) mass is 320 g/mol. The lowest BCUT2D eigenvalue weighted by atomic mass is 10.1. The van der Waals surface area contributed by atoms with Crippen LogP contribution in [0.1, 0.15) is 10.4 Å². The molecule has 0 aliphatic rings. The minimum absolute atomic E-state index is 0.211. The van der Waals surface area contributed by atoms with Gasteiger partial charge in [0.2, 0.25) is 0 Å². The zero-order valence-corrected chi connectivity index (χ0v) is 11.9. The first-order valence-corrected chi connectivity index (χ1v) is 6.41. The number of rotatable bonds is 3. The highest BCUT2D eigenvalue weighted by atomic mass is 79.9. The first kappa shape index (κ1) is 13.4. The lowest BCUT2D eigenvalue weighted by molar-refractivity contribution is 0.0697. The lowest BCUT2D eigenvalue weighted by Gasteiger charge is -2.22. The van der Waals surface area contributed by atoms with Crippen LogP contribution in [0.3, 0.4) is 0 Å². The van der Waals surface area contributed by atoms with E-state index in [1.54, 1.807) is 12.1 Å². The molecule has 2 aromatic carbocycles. The molecule has 5 heteroatoms. The van der Waals surface area contributed by atoms with Crippen LogP contribution in [0.2, 0.25) is 0 Å². The molecule has 0 spiro atoms. The highest BCUT2D eigenvalue weighted by Crippen LogP contribution is 2.34. The fourth-order valence-electron chi connectivity index (χ4n) is 1.82. The van der Waals surface area contributed by atoms with E-state index >= 15 is 0 Å². The quantitative estimate of drug-likeness (QED) is 0.849. The van der Waals surface area contributed by atoms with Gasteiger partial charge in [0.1, 0.15) is 0 Å². The van der Waals surface area contributed by atoms with Crippen LogP contribution in [0.5, 0.6) is 0 Å². The number of hydrogen-bond donors (Lipinski definition) is 2. The largest absolute Gasteiger partial charge is 0.478 e. The maximum Gasteiger partial charge on any atom is 0.335 e. The Morgan fingerprint density at radius 3 is 2.53 bits per heavy atom. The van der Waals surface area contributed by atoms with Crippen molar-refractivity contribution in [2.24, 2.45) is 0 Å². The number of benzene rings is 2. The molecule has 0 aliphatic heterocycles. The fraction of sp³-hybridized carbons (Fsp3) is 0.0714. The van der Waals surface area contributed by atoms with Crippen LogP contribution in [0.15, 0.2) is 46.9 Å². The molecular formula is C14H13BrN2O2. The standard InChI is InChI=1S/C14H13BrN2O2/c1-17(12-5-3-2-4-10(12)15)13-8-9(14(18)19)6-7-11(13)16/h2-8H,16H2,1H3,(H,18,19). The Morgan fingerprint density at radius 1 is 1.21 bits per heavy atom. The Kier molecular flexibility index (Phi) is 3.76. The minimum Gasteiger partial charge on any atom is -0.478 e. The molecule has 19 heavy (non-hydrogen) atoms. The van der Waals surface area contributed by atoms with E-state index in [0.717, 1.165) is 10.2 Å². The second-order valence-electron chi connectivity index (χ2n) is 4.09. The molecule has 0 bridgehead atoms. The van der Waals surface area contributed by atoms with Crippen molar-refractivity contribution >= 4 is 39.0 Å². The van der Waals surface area contributed by atoms with Crippen LogP contribution in [-0.4, -0.2) is 18.1 Å². The topological polar surface area (TPSA) is 66.6 Å². The molecule has 0 unspecified atom stereocenters. The third kappa shape index (κ3) is 2.71. The molecule has 0 radical (unpaired) electrons. The van der Waals surface area contributed by atoms with Gasteiger partial charge in [-0.2, -0.15) is 0 Å². The number of carboxylic acid groups (broad SMARTS) is 1. The number of carbonyl (C=O) groups is 1. The van der Waals surface area contributed by atoms with E-state index in [9.17, 15) is 4.79 Å². The highest BCUT2D eigenvalue weighted by molar-refractivity contribution is 9.10. The van der Waals surface area contributed by atoms with Gasteiger partial charge in [-0.3, -0.25) is 0 Å². The molecule has 0 aromatic heterocycles. The minimum atomic E-state index is -0.971. The molecule has 0 amide bonds. The molecule has 3 N–H and O–H groups in total. The van der Waals surface area contributed by atoms with Gasteiger partial charge in [-0.25, -0.2) is 4.79 Å². The van der Waals surface area contributed by atoms with Gasteiger partial charge in [0.25, 0.3) is 0 Å². The van der Waals surface area contributed by atoms with Crippen LogP contribution in [-0.2, 0) is 0 Å². The Balaban J connectivity index is 2.49. The van der Waals surface area contributed by atoms with Gasteiger partial charge in [-0.05, 0) is 46.3 Å². The van der Waals surface area contributed by atoms with Gasteiger partial charge >= 0.3 is 5.97 Å². The first-order valence-electron chi connectivity index (χ1n) is 5.62. The van der Waals surface area contributed by atoms with Crippen molar-refractivity contribution < 1.29 is 9.90 Å². The second kappa shape index (κ2) is 5.32. The Hall–Kier alpha value is -2.01. The maximum atomic E-state index is 11.0. The molecule has 0 saturated heterocycles. The molecule has 2 rings (SSSR count). The number of nitrogens with zero attached hydrogens (tertiary/aromatic N) is 1. The predicted molar refractivity (Wildman–Crippen MR) is 80.0 cm³/mol. The second-order valence-corrected chi connectivity index (χ2v) is 4.94. The Morgan fingerprint density at radius 2 is 1.89 bits per heavy atom. The average Bonchev–Trinajstić information content (AvgIpc) is 2.38. The third-order valence-electron chi connectivity index (χ3n) is 2.85. The van der Waals surface area contributed by atoms with E-state index in [1.807, 2.05) is 36.2 Å². The number of nitrogen functional groups attached to an aromatic ring is 1. The fourth-order valence-corrected chi connectivity index (χ4v) is 2.37. The van der Waals surface area contributed by atoms with Gasteiger partial charge in [0, 0.05) is 11.5 Å². The normalized spacial score (nSPS) is 10.2. The number of para-hydroxylation sites is 1. The van der Waals surface area contributed by atoms with Gasteiger partial charge in [-0.1, -0.05) is 12.1 Å². The number of halogens is 1. The molecular weight excluding hydrogens is 308 g/mol. The van der Waals surface area contributed by atoms with Crippen molar-refractivity contribution in [1.29, 1.82) is 0 Å². The number of anilines is 3. The van der Waals surface area contributed by atoms with E-state index in [1.165, 1.54) is 6.07 Å². The predicted octanol–water partition coefficient (Wildman–Crippen LogP) is 3.50. The summed E-state index contributed by atoms with van der Waals surface area (Å²) in [7, 11) is 1.84. The third-order valence-corrected chi connectivity index (χ3v) is 3.52. The summed E-state index contributed by atoms with van der Waals surface area (Å²) in [5.41, 5.74) is 8.24. The Bertz CT molecular complexity index is 629. The summed E-state index contributed by atoms with van der Waals surface area (Å²) < 4.78 is 0.914. The summed E-state index contributed by atoms with van der Waals surface area (Å²) in [5.74, 6) is -0.971. The van der Waals surface area contributed by atoms with Crippen molar-refractivity contribution in [3.63, 3.8) is 0 Å². The molecule has 2 aromatic rings. The molecule has 0 aliphatic carbocycles. The number of carboxylic acids is 1. The van der Waals surface area contributed by atoms with Crippen LogP contribution >= 0.6 is 15.9 Å². The lowest BCUT2D eigenvalue weighted by Crippen LogP contribution is -2.13. The summed E-state index contributed by atoms with van der Waals surface area (Å²) in [5, 5.41) is 9.04. The first-order chi connectivity index (χ1) is 9.00. The van der Waals surface area contributed by atoms with Crippen LogP contribution in [0.25, 0.3) is 0 Å².